The summed E-state index contributed by atoms with van der Waals surface area (Å²) in [6, 6.07) is 0. The molecule has 0 saturated carbocycles. The fourth-order valence-electron chi connectivity index (χ4n) is 1.30. The molecule has 1 heterocycles. The molecule has 0 spiro atoms. The van der Waals surface area contributed by atoms with Crippen molar-refractivity contribution in [2.45, 2.75) is 19.3 Å². The van der Waals surface area contributed by atoms with Crippen molar-refractivity contribution in [1.82, 2.24) is 9.80 Å². The number of carbonyl (C=O) groups excluding carboxylic acids is 3. The van der Waals surface area contributed by atoms with Crippen molar-refractivity contribution in [1.29, 1.82) is 0 Å². The van der Waals surface area contributed by atoms with Gasteiger partial charge in [0.2, 0.25) is 17.7 Å². The fraction of sp³-hybridized carbons (Fsp3) is 0.667. The Morgan fingerprint density at radius 2 is 1.79 bits per heavy atom. The summed E-state index contributed by atoms with van der Waals surface area (Å²) in [4.78, 5) is 36.1. The second-order valence-corrected chi connectivity index (χ2v) is 3.48. The van der Waals surface area contributed by atoms with Crippen LogP contribution in [0.3, 0.4) is 0 Å². The molecule has 0 radical (unpaired) electrons. The number of hydrogen-bond acceptors (Lipinski definition) is 3. The van der Waals surface area contributed by atoms with Crippen LogP contribution in [0, 0.1) is 0 Å². The molecule has 5 heteroatoms. The molecular weight excluding hydrogens is 184 g/mol. The van der Waals surface area contributed by atoms with Crippen molar-refractivity contribution in [3.05, 3.63) is 0 Å². The van der Waals surface area contributed by atoms with E-state index in [2.05, 4.69) is 0 Å². The van der Waals surface area contributed by atoms with Crippen LogP contribution in [0.4, 0.5) is 0 Å². The Hall–Kier alpha value is -1.39. The van der Waals surface area contributed by atoms with Crippen LogP contribution in [0.15, 0.2) is 0 Å². The lowest BCUT2D eigenvalue weighted by molar-refractivity contribution is -0.139. The molecule has 0 aromatic carbocycles. The van der Waals surface area contributed by atoms with Crippen LogP contribution < -0.4 is 0 Å². The van der Waals surface area contributed by atoms with E-state index in [4.69, 9.17) is 0 Å². The zero-order valence-corrected chi connectivity index (χ0v) is 8.45. The molecule has 0 unspecified atom stereocenters. The highest BCUT2D eigenvalue weighted by Gasteiger charge is 2.28. The molecule has 0 aromatic rings. The predicted octanol–water partition coefficient (Wildman–Crippen LogP) is -0.386. The Morgan fingerprint density at radius 3 is 2.21 bits per heavy atom. The van der Waals surface area contributed by atoms with Gasteiger partial charge in [0.05, 0.1) is 0 Å². The number of carbonyl (C=O) groups is 3. The standard InChI is InChI=1S/C9H14N2O3/c1-10(2)7(12)5-6-11-8(13)3-4-9(11)14/h3-6H2,1-2H3. The van der Waals surface area contributed by atoms with E-state index in [-0.39, 0.29) is 43.5 Å². The van der Waals surface area contributed by atoms with Crippen molar-refractivity contribution < 1.29 is 14.4 Å². The van der Waals surface area contributed by atoms with Gasteiger partial charge in [0.25, 0.3) is 0 Å². The lowest BCUT2D eigenvalue weighted by atomic mass is 10.3. The first-order valence-corrected chi connectivity index (χ1v) is 4.55. The summed E-state index contributed by atoms with van der Waals surface area (Å²) in [6.07, 6.45) is 0.786. The number of hydrogen-bond donors (Lipinski definition) is 0. The van der Waals surface area contributed by atoms with Crippen molar-refractivity contribution in [3.8, 4) is 0 Å². The van der Waals surface area contributed by atoms with Crippen molar-refractivity contribution >= 4 is 17.7 Å². The number of amides is 3. The SMILES string of the molecule is CN(C)C(=O)CCN1C(=O)CCC1=O. The van der Waals surface area contributed by atoms with E-state index in [9.17, 15) is 14.4 Å². The Bertz CT molecular complexity index is 257. The van der Waals surface area contributed by atoms with Gasteiger partial charge in [-0.25, -0.2) is 0 Å². The van der Waals surface area contributed by atoms with Crippen molar-refractivity contribution in [2.75, 3.05) is 20.6 Å². The molecule has 0 bridgehead atoms. The lowest BCUT2D eigenvalue weighted by Gasteiger charge is -2.15. The molecule has 0 aromatic heterocycles. The quantitative estimate of drug-likeness (QED) is 0.580. The highest BCUT2D eigenvalue weighted by molar-refractivity contribution is 6.02. The molecule has 5 nitrogen and oxygen atoms in total. The van der Waals surface area contributed by atoms with Crippen molar-refractivity contribution in [2.24, 2.45) is 0 Å². The van der Waals surface area contributed by atoms with Crippen LogP contribution in [0.5, 0.6) is 0 Å². The fourth-order valence-corrected chi connectivity index (χ4v) is 1.30. The summed E-state index contributed by atoms with van der Waals surface area (Å²) in [6.45, 7) is 0.217. The molecule has 0 aliphatic carbocycles. The smallest absolute Gasteiger partial charge is 0.229 e. The van der Waals surface area contributed by atoms with Gasteiger partial charge in [0, 0.05) is 39.9 Å². The van der Waals surface area contributed by atoms with Crippen LogP contribution in [0.1, 0.15) is 19.3 Å². The van der Waals surface area contributed by atoms with Crippen LogP contribution in [-0.4, -0.2) is 48.2 Å². The van der Waals surface area contributed by atoms with Gasteiger partial charge in [-0.1, -0.05) is 0 Å². The van der Waals surface area contributed by atoms with Crippen molar-refractivity contribution in [3.63, 3.8) is 0 Å². The Kier molecular flexibility index (Phi) is 3.22. The van der Waals surface area contributed by atoms with Gasteiger partial charge in [-0.3, -0.25) is 19.3 Å². The maximum absolute atomic E-state index is 11.2. The Balaban J connectivity index is 2.41. The van der Waals surface area contributed by atoms with Gasteiger partial charge < -0.3 is 4.90 Å². The molecular formula is C9H14N2O3. The maximum Gasteiger partial charge on any atom is 0.229 e. The van der Waals surface area contributed by atoms with Gasteiger partial charge in [0.15, 0.2) is 0 Å². The molecule has 1 aliphatic heterocycles. The molecule has 1 fully saturated rings. The van der Waals surface area contributed by atoms with E-state index in [1.165, 1.54) is 9.80 Å². The van der Waals surface area contributed by atoms with Crippen LogP contribution >= 0.6 is 0 Å². The summed E-state index contributed by atoms with van der Waals surface area (Å²) in [7, 11) is 3.30. The molecule has 14 heavy (non-hydrogen) atoms. The molecule has 78 valence electrons. The predicted molar refractivity (Wildman–Crippen MR) is 49.3 cm³/mol. The van der Waals surface area contributed by atoms with E-state index in [1.54, 1.807) is 14.1 Å². The second kappa shape index (κ2) is 4.21. The zero-order valence-electron chi connectivity index (χ0n) is 8.45. The Morgan fingerprint density at radius 1 is 1.29 bits per heavy atom. The molecule has 0 atom stereocenters. The maximum atomic E-state index is 11.2. The second-order valence-electron chi connectivity index (χ2n) is 3.48. The first kappa shape index (κ1) is 10.7. The Labute approximate surface area is 82.7 Å². The van der Waals surface area contributed by atoms with E-state index in [0.717, 1.165) is 0 Å². The van der Waals surface area contributed by atoms with Crippen LogP contribution in [0.25, 0.3) is 0 Å². The molecule has 3 amide bonds. The summed E-state index contributed by atoms with van der Waals surface area (Å²) < 4.78 is 0. The summed E-state index contributed by atoms with van der Waals surface area (Å²) in [5, 5.41) is 0. The van der Waals surface area contributed by atoms with E-state index in [1.807, 2.05) is 0 Å². The average Bonchev–Trinajstić information content (AvgIpc) is 2.43. The normalized spacial score (nSPS) is 16.3. The largest absolute Gasteiger partial charge is 0.349 e. The minimum atomic E-state index is -0.165. The number of rotatable bonds is 3. The number of likely N-dealkylation sites (tertiary alicyclic amines) is 1. The molecule has 0 N–H and O–H groups in total. The van der Waals surface area contributed by atoms with E-state index < -0.39 is 0 Å². The monoisotopic (exact) mass is 198 g/mol. The van der Waals surface area contributed by atoms with Gasteiger partial charge in [-0.15, -0.1) is 0 Å². The summed E-state index contributed by atoms with van der Waals surface area (Å²) >= 11 is 0. The van der Waals surface area contributed by atoms with Crippen LogP contribution in [0.2, 0.25) is 0 Å². The van der Waals surface area contributed by atoms with Gasteiger partial charge in [-0.2, -0.15) is 0 Å². The highest BCUT2D eigenvalue weighted by Crippen LogP contribution is 2.11. The third-order valence-electron chi connectivity index (χ3n) is 2.20. The third kappa shape index (κ3) is 2.31. The number of nitrogens with zero attached hydrogens (tertiary/aromatic N) is 2. The zero-order chi connectivity index (χ0) is 10.7. The minimum absolute atomic E-state index is 0.0718. The third-order valence-corrected chi connectivity index (χ3v) is 2.20. The van der Waals surface area contributed by atoms with Gasteiger partial charge >= 0.3 is 0 Å². The summed E-state index contributed by atoms with van der Waals surface area (Å²) in [5.41, 5.74) is 0. The topological polar surface area (TPSA) is 57.7 Å². The lowest BCUT2D eigenvalue weighted by Crippen LogP contribution is -2.33. The minimum Gasteiger partial charge on any atom is -0.349 e. The van der Waals surface area contributed by atoms with Gasteiger partial charge in [0.1, 0.15) is 0 Å². The molecule has 1 saturated heterocycles. The molecule has 1 rings (SSSR count). The van der Waals surface area contributed by atoms with E-state index >= 15 is 0 Å². The first-order valence-electron chi connectivity index (χ1n) is 4.55. The van der Waals surface area contributed by atoms with Crippen LogP contribution in [-0.2, 0) is 14.4 Å². The van der Waals surface area contributed by atoms with E-state index in [0.29, 0.717) is 0 Å². The highest BCUT2D eigenvalue weighted by atomic mass is 16.2. The summed E-state index contributed by atoms with van der Waals surface area (Å²) in [5.74, 6) is -0.402. The number of imide groups is 1. The molecule has 1 aliphatic rings. The first-order chi connectivity index (χ1) is 6.52. The average molecular weight is 198 g/mol. The van der Waals surface area contributed by atoms with Gasteiger partial charge in [-0.05, 0) is 0 Å².